The Bertz CT molecular complexity index is 629. The maximum Gasteiger partial charge on any atom is 0.125 e. The normalized spacial score (nSPS) is 14.9. The lowest BCUT2D eigenvalue weighted by Crippen LogP contribution is -2.19. The third-order valence-corrected chi connectivity index (χ3v) is 5.00. The lowest BCUT2D eigenvalue weighted by Gasteiger charge is -2.17. The lowest BCUT2D eigenvalue weighted by molar-refractivity contribution is 0.352. The van der Waals surface area contributed by atoms with E-state index in [0.717, 1.165) is 35.4 Å². The molecule has 20 heavy (non-hydrogen) atoms. The minimum Gasteiger partial charge on any atom is -0.493 e. The lowest BCUT2D eigenvalue weighted by atomic mass is 10.0. The second-order valence-electron chi connectivity index (χ2n) is 4.92. The van der Waals surface area contributed by atoms with Gasteiger partial charge in [0.1, 0.15) is 5.75 Å². The second kappa shape index (κ2) is 5.79. The number of rotatable bonds is 4. The van der Waals surface area contributed by atoms with Crippen LogP contribution in [0.25, 0.3) is 0 Å². The van der Waals surface area contributed by atoms with E-state index < -0.39 is 0 Å². The number of fused-ring (bicyclic) bond motifs is 1. The molecule has 0 fully saturated rings. The van der Waals surface area contributed by atoms with Crippen LogP contribution < -0.4 is 10.1 Å². The molecule has 1 aliphatic rings. The summed E-state index contributed by atoms with van der Waals surface area (Å²) in [4.78, 5) is 1.19. The molecule has 1 atom stereocenters. The summed E-state index contributed by atoms with van der Waals surface area (Å²) in [6.07, 6.45) is 1.87. The van der Waals surface area contributed by atoms with Gasteiger partial charge < -0.3 is 10.1 Å². The van der Waals surface area contributed by atoms with Crippen molar-refractivity contribution in [2.24, 2.45) is 0 Å². The van der Waals surface area contributed by atoms with E-state index >= 15 is 0 Å². The second-order valence-corrected chi connectivity index (χ2v) is 6.62. The molecule has 0 radical (unpaired) electrons. The van der Waals surface area contributed by atoms with Gasteiger partial charge in [-0.1, -0.05) is 20.4 Å². The van der Waals surface area contributed by atoms with Crippen molar-refractivity contribution in [1.82, 2.24) is 14.9 Å². The molecule has 2 heterocycles. The average molecular weight is 354 g/mol. The van der Waals surface area contributed by atoms with E-state index in [-0.39, 0.29) is 6.04 Å². The summed E-state index contributed by atoms with van der Waals surface area (Å²) in [6.45, 7) is 2.79. The van der Waals surface area contributed by atoms with Crippen molar-refractivity contribution >= 4 is 27.5 Å². The highest BCUT2D eigenvalue weighted by Gasteiger charge is 2.22. The number of hydrogen-bond acceptors (Lipinski definition) is 5. The van der Waals surface area contributed by atoms with Gasteiger partial charge in [-0.3, -0.25) is 0 Å². The molecule has 6 heteroatoms. The maximum atomic E-state index is 5.80. The minimum absolute atomic E-state index is 0.220. The molecule has 2 aromatic rings. The zero-order chi connectivity index (χ0) is 14.1. The Labute approximate surface area is 130 Å². The van der Waals surface area contributed by atoms with Crippen molar-refractivity contribution in [2.75, 3.05) is 13.7 Å². The number of nitrogens with zero attached hydrogens (tertiary/aromatic N) is 2. The van der Waals surface area contributed by atoms with Crippen LogP contribution in [0, 0.1) is 6.92 Å². The summed E-state index contributed by atoms with van der Waals surface area (Å²) in [6, 6.07) is 4.52. The van der Waals surface area contributed by atoms with Gasteiger partial charge >= 0.3 is 0 Å². The third kappa shape index (κ3) is 2.60. The first-order chi connectivity index (χ1) is 9.69. The van der Waals surface area contributed by atoms with Gasteiger partial charge in [0.2, 0.25) is 0 Å². The predicted molar refractivity (Wildman–Crippen MR) is 83.5 cm³/mol. The van der Waals surface area contributed by atoms with Gasteiger partial charge in [-0.25, -0.2) is 0 Å². The van der Waals surface area contributed by atoms with Crippen LogP contribution in [0.1, 0.15) is 27.7 Å². The zero-order valence-corrected chi connectivity index (χ0v) is 13.8. The number of aromatic nitrogens is 2. The van der Waals surface area contributed by atoms with E-state index in [1.54, 1.807) is 0 Å². The number of likely N-dealkylation sites (N-methyl/N-ethyl adjacent to an activating group) is 1. The number of ether oxygens (including phenoxy) is 1. The van der Waals surface area contributed by atoms with Gasteiger partial charge in [-0.15, -0.1) is 5.10 Å². The summed E-state index contributed by atoms with van der Waals surface area (Å²) in [5.74, 6) is 1.06. The van der Waals surface area contributed by atoms with Crippen molar-refractivity contribution in [3.05, 3.63) is 38.3 Å². The van der Waals surface area contributed by atoms with Crippen LogP contribution in [-0.4, -0.2) is 23.2 Å². The molecular formula is C14H16BrN3OS. The summed E-state index contributed by atoms with van der Waals surface area (Å²) in [5.41, 5.74) is 3.53. The fraction of sp³-hybridized carbons (Fsp3) is 0.429. The topological polar surface area (TPSA) is 47.0 Å². The molecule has 106 valence electrons. The molecule has 0 saturated carbocycles. The molecule has 0 saturated heterocycles. The van der Waals surface area contributed by atoms with Crippen molar-refractivity contribution in [1.29, 1.82) is 0 Å². The van der Waals surface area contributed by atoms with Crippen LogP contribution in [0.3, 0.4) is 0 Å². The van der Waals surface area contributed by atoms with E-state index in [1.807, 2.05) is 14.0 Å². The quantitative estimate of drug-likeness (QED) is 0.917. The average Bonchev–Trinajstić information content (AvgIpc) is 3.04. The Hall–Kier alpha value is -0.980. The Balaban J connectivity index is 1.92. The van der Waals surface area contributed by atoms with Crippen LogP contribution in [0.4, 0.5) is 0 Å². The van der Waals surface area contributed by atoms with E-state index in [9.17, 15) is 0 Å². The van der Waals surface area contributed by atoms with Gasteiger partial charge in [0, 0.05) is 16.9 Å². The maximum absolute atomic E-state index is 5.80. The molecule has 1 aromatic carbocycles. The highest BCUT2D eigenvalue weighted by molar-refractivity contribution is 9.10. The van der Waals surface area contributed by atoms with Gasteiger partial charge in [0.15, 0.2) is 0 Å². The number of benzene rings is 1. The Morgan fingerprint density at radius 1 is 1.50 bits per heavy atom. The van der Waals surface area contributed by atoms with Gasteiger partial charge in [-0.05, 0) is 55.2 Å². The van der Waals surface area contributed by atoms with Crippen LogP contribution in [-0.2, 0) is 12.8 Å². The highest BCUT2D eigenvalue weighted by Crippen LogP contribution is 2.36. The Kier molecular flexibility index (Phi) is 4.05. The molecule has 1 unspecified atom stereocenters. The first-order valence-electron chi connectivity index (χ1n) is 6.59. The molecule has 0 aliphatic carbocycles. The minimum atomic E-state index is 0.220. The van der Waals surface area contributed by atoms with E-state index in [1.165, 1.54) is 27.5 Å². The van der Waals surface area contributed by atoms with Gasteiger partial charge in [0.05, 0.1) is 17.2 Å². The van der Waals surface area contributed by atoms with E-state index in [2.05, 4.69) is 43.0 Å². The van der Waals surface area contributed by atoms with Crippen molar-refractivity contribution in [3.63, 3.8) is 0 Å². The molecular weight excluding hydrogens is 338 g/mol. The van der Waals surface area contributed by atoms with Crippen LogP contribution >= 0.6 is 27.5 Å². The molecule has 1 aliphatic heterocycles. The zero-order valence-electron chi connectivity index (χ0n) is 11.4. The first kappa shape index (κ1) is 14.0. The van der Waals surface area contributed by atoms with Crippen molar-refractivity contribution < 1.29 is 4.74 Å². The summed E-state index contributed by atoms with van der Waals surface area (Å²) in [7, 11) is 1.98. The number of hydrogen-bond donors (Lipinski definition) is 1. The van der Waals surface area contributed by atoms with Gasteiger partial charge in [-0.2, -0.15) is 0 Å². The Morgan fingerprint density at radius 2 is 2.35 bits per heavy atom. The molecule has 1 N–H and O–H groups in total. The molecule has 0 spiro atoms. The number of aryl methyl sites for hydroxylation is 1. The predicted octanol–water partition coefficient (Wildman–Crippen LogP) is 3.05. The number of halogens is 1. The standard InChI is InChI=1S/C14H16BrN3OS/c1-8-14(20-18-17-8)12(16-2)7-10-6-11(15)5-9-3-4-19-13(9)10/h5-6,12,16H,3-4,7H2,1-2H3. The molecule has 1 aromatic heterocycles. The van der Waals surface area contributed by atoms with Crippen molar-refractivity contribution in [3.8, 4) is 5.75 Å². The first-order valence-corrected chi connectivity index (χ1v) is 8.16. The van der Waals surface area contributed by atoms with Crippen LogP contribution in [0.2, 0.25) is 0 Å². The Morgan fingerprint density at radius 3 is 3.05 bits per heavy atom. The SMILES string of the molecule is CNC(Cc1cc(Br)cc2c1OCC2)c1snnc1C. The molecule has 3 rings (SSSR count). The van der Waals surface area contributed by atoms with E-state index in [0.29, 0.717) is 0 Å². The van der Waals surface area contributed by atoms with Crippen LogP contribution in [0.15, 0.2) is 16.6 Å². The summed E-state index contributed by atoms with van der Waals surface area (Å²) >= 11 is 5.06. The van der Waals surface area contributed by atoms with Crippen molar-refractivity contribution in [2.45, 2.75) is 25.8 Å². The van der Waals surface area contributed by atoms with Crippen LogP contribution in [0.5, 0.6) is 5.75 Å². The molecule has 4 nitrogen and oxygen atoms in total. The fourth-order valence-electron chi connectivity index (χ4n) is 2.60. The van der Waals surface area contributed by atoms with Gasteiger partial charge in [0.25, 0.3) is 0 Å². The fourth-order valence-corrected chi connectivity index (χ4v) is 3.91. The highest BCUT2D eigenvalue weighted by atomic mass is 79.9. The smallest absolute Gasteiger partial charge is 0.125 e. The summed E-state index contributed by atoms with van der Waals surface area (Å²) in [5, 5.41) is 7.47. The molecule has 0 amide bonds. The largest absolute Gasteiger partial charge is 0.493 e. The van der Waals surface area contributed by atoms with E-state index in [4.69, 9.17) is 4.74 Å². The summed E-state index contributed by atoms with van der Waals surface area (Å²) < 4.78 is 11.0. The molecule has 0 bridgehead atoms. The monoisotopic (exact) mass is 353 g/mol. The third-order valence-electron chi connectivity index (χ3n) is 3.60. The number of nitrogens with one attached hydrogen (secondary N) is 1.